The lowest BCUT2D eigenvalue weighted by Gasteiger charge is -2.08. The second-order valence-electron chi connectivity index (χ2n) is 3.77. The second kappa shape index (κ2) is 5.33. The fourth-order valence-corrected chi connectivity index (χ4v) is 2.57. The first-order valence-electron chi connectivity index (χ1n) is 5.59. The van der Waals surface area contributed by atoms with Crippen LogP contribution < -0.4 is 4.89 Å². The third-order valence-electron chi connectivity index (χ3n) is 2.48. The summed E-state index contributed by atoms with van der Waals surface area (Å²) in [5.41, 5.74) is 0. The molecule has 0 saturated heterocycles. The highest BCUT2D eigenvalue weighted by Gasteiger charge is 2.18. The number of hydrogen-bond donors (Lipinski definition) is 1. The van der Waals surface area contributed by atoms with Crippen LogP contribution in [0.3, 0.4) is 0 Å². The molecule has 0 aliphatic carbocycles. The maximum atomic E-state index is 12.1. The van der Waals surface area contributed by atoms with Gasteiger partial charge in [-0.05, 0) is 17.0 Å². The molecule has 0 fully saturated rings. The van der Waals surface area contributed by atoms with Gasteiger partial charge in [0.1, 0.15) is 0 Å². The lowest BCUT2D eigenvalue weighted by atomic mass is 10.2. The standard InChI is InChI=1S/C12H12N2O4S/c1-2-12(15)18-14-19(16,17)11-5-3-4-9-8-13-7-6-10(9)11/h3-8,14H,2H2,1H3. The van der Waals surface area contributed by atoms with E-state index in [1.807, 2.05) is 4.89 Å². The van der Waals surface area contributed by atoms with Crippen molar-refractivity contribution in [2.24, 2.45) is 0 Å². The van der Waals surface area contributed by atoms with Crippen LogP contribution in [-0.2, 0) is 19.7 Å². The van der Waals surface area contributed by atoms with E-state index >= 15 is 0 Å². The number of nitrogens with zero attached hydrogens (tertiary/aromatic N) is 1. The van der Waals surface area contributed by atoms with Crippen LogP contribution in [0.2, 0.25) is 0 Å². The SMILES string of the molecule is CCC(=O)ONS(=O)(=O)c1cccc2cnccc12. The summed E-state index contributed by atoms with van der Waals surface area (Å²) in [6.07, 6.45) is 3.15. The highest BCUT2D eigenvalue weighted by atomic mass is 32.2. The molecule has 19 heavy (non-hydrogen) atoms. The Morgan fingerprint density at radius 1 is 1.37 bits per heavy atom. The summed E-state index contributed by atoms with van der Waals surface area (Å²) in [6, 6.07) is 6.37. The van der Waals surface area contributed by atoms with Crippen molar-refractivity contribution in [3.63, 3.8) is 0 Å². The van der Waals surface area contributed by atoms with E-state index in [9.17, 15) is 13.2 Å². The molecule has 0 aliphatic rings. The summed E-state index contributed by atoms with van der Waals surface area (Å²) in [7, 11) is -3.91. The largest absolute Gasteiger partial charge is 0.356 e. The molecule has 0 atom stereocenters. The normalized spacial score (nSPS) is 11.4. The molecule has 1 N–H and O–H groups in total. The van der Waals surface area contributed by atoms with Crippen molar-refractivity contribution in [2.75, 3.05) is 0 Å². The van der Waals surface area contributed by atoms with Gasteiger partial charge in [-0.1, -0.05) is 19.1 Å². The monoisotopic (exact) mass is 280 g/mol. The molecule has 0 spiro atoms. The molecule has 0 unspecified atom stereocenters. The number of fused-ring (bicyclic) bond motifs is 1. The molecule has 1 aromatic carbocycles. The summed E-state index contributed by atoms with van der Waals surface area (Å²) in [5.74, 6) is -0.648. The minimum atomic E-state index is -3.91. The van der Waals surface area contributed by atoms with E-state index in [0.29, 0.717) is 10.8 Å². The quantitative estimate of drug-likeness (QED) is 0.855. The zero-order valence-corrected chi connectivity index (χ0v) is 11.0. The molecule has 1 heterocycles. The van der Waals surface area contributed by atoms with Gasteiger partial charge in [0.25, 0.3) is 10.0 Å². The molecule has 0 amide bonds. The van der Waals surface area contributed by atoms with Crippen LogP contribution in [0.5, 0.6) is 0 Å². The predicted molar refractivity (Wildman–Crippen MR) is 68.4 cm³/mol. The van der Waals surface area contributed by atoms with Gasteiger partial charge in [0.05, 0.1) is 4.90 Å². The van der Waals surface area contributed by atoms with Crippen molar-refractivity contribution in [3.05, 3.63) is 36.7 Å². The average molecular weight is 280 g/mol. The minimum absolute atomic E-state index is 0.0382. The number of sulfonamides is 1. The van der Waals surface area contributed by atoms with Crippen molar-refractivity contribution in [1.29, 1.82) is 0 Å². The number of carbonyl (C=O) groups excluding carboxylic acids is 1. The molecule has 100 valence electrons. The van der Waals surface area contributed by atoms with Gasteiger partial charge in [0.2, 0.25) is 0 Å². The van der Waals surface area contributed by atoms with Gasteiger partial charge in [0.15, 0.2) is 0 Å². The summed E-state index contributed by atoms with van der Waals surface area (Å²) < 4.78 is 24.1. The minimum Gasteiger partial charge on any atom is -0.356 e. The average Bonchev–Trinajstić information content (AvgIpc) is 2.44. The first-order valence-corrected chi connectivity index (χ1v) is 7.07. The smallest absolute Gasteiger partial charge is 0.325 e. The van der Waals surface area contributed by atoms with E-state index in [1.54, 1.807) is 31.3 Å². The topological polar surface area (TPSA) is 85.4 Å². The number of aromatic nitrogens is 1. The molecule has 0 bridgehead atoms. The summed E-state index contributed by atoms with van der Waals surface area (Å²) in [4.78, 5) is 21.2. The van der Waals surface area contributed by atoms with E-state index in [0.717, 1.165) is 0 Å². The first-order chi connectivity index (χ1) is 9.04. The van der Waals surface area contributed by atoms with Crippen molar-refractivity contribution in [3.8, 4) is 0 Å². The van der Waals surface area contributed by atoms with E-state index in [2.05, 4.69) is 9.82 Å². The lowest BCUT2D eigenvalue weighted by molar-refractivity contribution is -0.146. The number of hydrogen-bond acceptors (Lipinski definition) is 5. The first kappa shape index (κ1) is 13.4. The Morgan fingerprint density at radius 3 is 2.89 bits per heavy atom. The van der Waals surface area contributed by atoms with Crippen LogP contribution in [0.15, 0.2) is 41.6 Å². The Kier molecular flexibility index (Phi) is 3.77. The maximum absolute atomic E-state index is 12.1. The van der Waals surface area contributed by atoms with Gasteiger partial charge in [-0.2, -0.15) is 0 Å². The zero-order chi connectivity index (χ0) is 13.9. The third-order valence-corrected chi connectivity index (χ3v) is 3.72. The van der Waals surface area contributed by atoms with Crippen LogP contribution in [0.4, 0.5) is 0 Å². The Bertz CT molecular complexity index is 707. The molecular weight excluding hydrogens is 268 g/mol. The van der Waals surface area contributed by atoms with Crippen LogP contribution in [0.1, 0.15) is 13.3 Å². The number of pyridine rings is 1. The fourth-order valence-electron chi connectivity index (χ4n) is 1.55. The summed E-state index contributed by atoms with van der Waals surface area (Å²) in [6.45, 7) is 1.57. The molecular formula is C12H12N2O4S. The number of rotatable bonds is 4. The van der Waals surface area contributed by atoms with Crippen LogP contribution >= 0.6 is 0 Å². The lowest BCUT2D eigenvalue weighted by Crippen LogP contribution is -2.27. The Hall–Kier alpha value is -1.99. The second-order valence-corrected chi connectivity index (χ2v) is 5.38. The molecule has 0 aliphatic heterocycles. The molecule has 7 heteroatoms. The van der Waals surface area contributed by atoms with Gasteiger partial charge in [0, 0.05) is 29.6 Å². The number of benzene rings is 1. The Labute approximate surface area is 110 Å². The van der Waals surface area contributed by atoms with Gasteiger partial charge in [-0.15, -0.1) is 0 Å². The van der Waals surface area contributed by atoms with Gasteiger partial charge < -0.3 is 4.84 Å². The third kappa shape index (κ3) is 2.88. The van der Waals surface area contributed by atoms with Crippen LogP contribution in [0.25, 0.3) is 10.8 Å². The maximum Gasteiger partial charge on any atom is 0.325 e. The highest BCUT2D eigenvalue weighted by molar-refractivity contribution is 7.89. The molecule has 6 nitrogen and oxygen atoms in total. The van der Waals surface area contributed by atoms with Crippen molar-refractivity contribution in [2.45, 2.75) is 18.2 Å². The van der Waals surface area contributed by atoms with E-state index < -0.39 is 16.0 Å². The van der Waals surface area contributed by atoms with Gasteiger partial charge >= 0.3 is 5.97 Å². The highest BCUT2D eigenvalue weighted by Crippen LogP contribution is 2.21. The Morgan fingerprint density at radius 2 is 2.16 bits per heavy atom. The van der Waals surface area contributed by atoms with Crippen LogP contribution in [0, 0.1) is 0 Å². The van der Waals surface area contributed by atoms with E-state index in [1.165, 1.54) is 12.3 Å². The molecule has 0 saturated carbocycles. The van der Waals surface area contributed by atoms with E-state index in [-0.39, 0.29) is 11.3 Å². The van der Waals surface area contributed by atoms with Crippen molar-refractivity contribution >= 4 is 26.8 Å². The Balaban J connectivity index is 2.41. The fraction of sp³-hybridized carbons (Fsp3) is 0.167. The zero-order valence-electron chi connectivity index (χ0n) is 10.2. The van der Waals surface area contributed by atoms with Gasteiger partial charge in [-0.3, -0.25) is 9.78 Å². The summed E-state index contributed by atoms with van der Waals surface area (Å²) >= 11 is 0. The molecule has 1 aromatic heterocycles. The van der Waals surface area contributed by atoms with Crippen molar-refractivity contribution < 1.29 is 18.0 Å². The molecule has 2 rings (SSSR count). The van der Waals surface area contributed by atoms with Gasteiger partial charge in [-0.25, -0.2) is 8.42 Å². The molecule has 2 aromatic rings. The van der Waals surface area contributed by atoms with E-state index in [4.69, 9.17) is 0 Å². The summed E-state index contributed by atoms with van der Waals surface area (Å²) in [5, 5.41) is 1.20. The predicted octanol–water partition coefficient (Wildman–Crippen LogP) is 1.38. The van der Waals surface area contributed by atoms with Crippen LogP contribution in [-0.4, -0.2) is 19.4 Å². The van der Waals surface area contributed by atoms with Crippen molar-refractivity contribution in [1.82, 2.24) is 9.87 Å². The number of nitrogens with one attached hydrogen (secondary N) is 1. The molecule has 0 radical (unpaired) electrons. The number of carbonyl (C=O) groups is 1.